The van der Waals surface area contributed by atoms with Gasteiger partial charge in [-0.15, -0.1) is 6.42 Å². The van der Waals surface area contributed by atoms with Gasteiger partial charge in [0, 0.05) is 0 Å². The van der Waals surface area contributed by atoms with Gasteiger partial charge < -0.3 is 0 Å². The standard InChI is InChI=1S/C7H11NO2S/c1-3-7(5-4-6-7)11(9,10)8-2/h1,8H,4-6H2,2H3. The maximum atomic E-state index is 11.3. The van der Waals surface area contributed by atoms with Gasteiger partial charge >= 0.3 is 0 Å². The van der Waals surface area contributed by atoms with Crippen molar-refractivity contribution in [2.75, 3.05) is 7.05 Å². The zero-order valence-corrected chi connectivity index (χ0v) is 7.24. The number of nitrogens with one attached hydrogen (secondary N) is 1. The van der Waals surface area contributed by atoms with Gasteiger partial charge in [0.05, 0.1) is 0 Å². The summed E-state index contributed by atoms with van der Waals surface area (Å²) in [5, 5.41) is 0. The molecule has 0 atom stereocenters. The Bertz CT molecular complexity index is 282. The Kier molecular flexibility index (Phi) is 1.95. The summed E-state index contributed by atoms with van der Waals surface area (Å²) in [7, 11) is -1.86. The van der Waals surface area contributed by atoms with Crippen molar-refractivity contribution < 1.29 is 8.42 Å². The molecule has 0 saturated heterocycles. The highest BCUT2D eigenvalue weighted by molar-refractivity contribution is 7.91. The van der Waals surface area contributed by atoms with Gasteiger partial charge in [0.25, 0.3) is 0 Å². The molecule has 1 aliphatic rings. The number of rotatable bonds is 2. The molecule has 0 bridgehead atoms. The first-order chi connectivity index (χ1) is 5.08. The molecule has 0 heterocycles. The largest absolute Gasteiger partial charge is 0.228 e. The Labute approximate surface area is 67.2 Å². The van der Waals surface area contributed by atoms with E-state index >= 15 is 0 Å². The molecule has 1 fully saturated rings. The smallest absolute Gasteiger partial charge is 0.217 e. The van der Waals surface area contributed by atoms with Crippen LogP contribution in [-0.4, -0.2) is 20.2 Å². The van der Waals surface area contributed by atoms with Gasteiger partial charge in [-0.1, -0.05) is 5.92 Å². The summed E-state index contributed by atoms with van der Waals surface area (Å²) >= 11 is 0. The first-order valence-corrected chi connectivity index (χ1v) is 4.97. The van der Waals surface area contributed by atoms with E-state index in [0.717, 1.165) is 6.42 Å². The fraction of sp³-hybridized carbons (Fsp3) is 0.714. The van der Waals surface area contributed by atoms with Crippen molar-refractivity contribution in [1.82, 2.24) is 4.72 Å². The van der Waals surface area contributed by atoms with Gasteiger partial charge in [-0.25, -0.2) is 13.1 Å². The second-order valence-corrected chi connectivity index (χ2v) is 4.90. The number of sulfonamides is 1. The lowest BCUT2D eigenvalue weighted by molar-refractivity contribution is 0.406. The van der Waals surface area contributed by atoms with Crippen molar-refractivity contribution in [3.8, 4) is 12.3 Å². The molecule has 62 valence electrons. The predicted octanol–water partition coefficient (Wildman–Crippen LogP) is 0.0915. The maximum Gasteiger partial charge on any atom is 0.228 e. The van der Waals surface area contributed by atoms with Gasteiger partial charge in [0.1, 0.15) is 4.75 Å². The highest BCUT2D eigenvalue weighted by atomic mass is 32.2. The summed E-state index contributed by atoms with van der Waals surface area (Å²) in [5.41, 5.74) is 0. The van der Waals surface area contributed by atoms with E-state index in [0.29, 0.717) is 12.8 Å². The molecule has 0 aromatic heterocycles. The van der Waals surface area contributed by atoms with Gasteiger partial charge in [0.15, 0.2) is 0 Å². The molecule has 11 heavy (non-hydrogen) atoms. The summed E-state index contributed by atoms with van der Waals surface area (Å²) in [6.07, 6.45) is 7.25. The third kappa shape index (κ3) is 1.05. The highest BCUT2D eigenvalue weighted by Crippen LogP contribution is 2.37. The molecular formula is C7H11NO2S. The normalized spacial score (nSPS) is 21.8. The second kappa shape index (κ2) is 2.50. The Morgan fingerprint density at radius 1 is 1.55 bits per heavy atom. The summed E-state index contributed by atoms with van der Waals surface area (Å²) in [5.74, 6) is 2.36. The van der Waals surface area contributed by atoms with E-state index in [-0.39, 0.29) is 0 Å². The van der Waals surface area contributed by atoms with E-state index in [4.69, 9.17) is 6.42 Å². The number of terminal acetylenes is 1. The van der Waals surface area contributed by atoms with Gasteiger partial charge in [-0.3, -0.25) is 0 Å². The van der Waals surface area contributed by atoms with Crippen molar-refractivity contribution in [1.29, 1.82) is 0 Å². The lowest BCUT2D eigenvalue weighted by Gasteiger charge is -2.35. The topological polar surface area (TPSA) is 46.2 Å². The predicted molar refractivity (Wildman–Crippen MR) is 43.4 cm³/mol. The van der Waals surface area contributed by atoms with Crippen molar-refractivity contribution in [2.45, 2.75) is 24.0 Å². The first-order valence-electron chi connectivity index (χ1n) is 3.49. The molecule has 0 amide bonds. The van der Waals surface area contributed by atoms with Crippen LogP contribution in [0.3, 0.4) is 0 Å². The van der Waals surface area contributed by atoms with Crippen LogP contribution in [0.25, 0.3) is 0 Å². The summed E-state index contributed by atoms with van der Waals surface area (Å²) in [6.45, 7) is 0. The van der Waals surface area contributed by atoms with Crippen LogP contribution in [-0.2, 0) is 10.0 Å². The van der Waals surface area contributed by atoms with Crippen LogP contribution in [0.4, 0.5) is 0 Å². The van der Waals surface area contributed by atoms with Gasteiger partial charge in [0.2, 0.25) is 10.0 Å². The highest BCUT2D eigenvalue weighted by Gasteiger charge is 2.46. The minimum Gasteiger partial charge on any atom is -0.217 e. The van der Waals surface area contributed by atoms with Crippen LogP contribution in [0.1, 0.15) is 19.3 Å². The third-order valence-corrected chi connectivity index (χ3v) is 4.30. The van der Waals surface area contributed by atoms with Crippen LogP contribution in [0.5, 0.6) is 0 Å². The quantitative estimate of drug-likeness (QED) is 0.602. The SMILES string of the molecule is C#CC1(S(=O)(=O)NC)CCC1. The van der Waals surface area contributed by atoms with Crippen molar-refractivity contribution in [2.24, 2.45) is 0 Å². The average molecular weight is 173 g/mol. The first kappa shape index (κ1) is 8.57. The monoisotopic (exact) mass is 173 g/mol. The van der Waals surface area contributed by atoms with Crippen LogP contribution in [0, 0.1) is 12.3 Å². The molecule has 0 aromatic rings. The molecule has 0 unspecified atom stereocenters. The molecule has 1 rings (SSSR count). The van der Waals surface area contributed by atoms with E-state index in [9.17, 15) is 8.42 Å². The van der Waals surface area contributed by atoms with Gasteiger partial charge in [-0.2, -0.15) is 0 Å². The van der Waals surface area contributed by atoms with Crippen LogP contribution in [0.2, 0.25) is 0 Å². The fourth-order valence-electron chi connectivity index (χ4n) is 1.18. The molecule has 0 spiro atoms. The second-order valence-electron chi connectivity index (χ2n) is 2.70. The van der Waals surface area contributed by atoms with E-state index in [1.54, 1.807) is 0 Å². The maximum absolute atomic E-state index is 11.3. The molecule has 0 aliphatic heterocycles. The minimum absolute atomic E-state index is 0.590. The molecule has 1 saturated carbocycles. The average Bonchev–Trinajstić information content (AvgIpc) is 1.86. The van der Waals surface area contributed by atoms with Gasteiger partial charge in [-0.05, 0) is 26.3 Å². The zero-order chi connectivity index (χ0) is 8.54. The molecule has 0 aromatic carbocycles. The Balaban J connectivity index is 2.98. The summed E-state index contributed by atoms with van der Waals surface area (Å²) in [6, 6.07) is 0. The van der Waals surface area contributed by atoms with Crippen molar-refractivity contribution >= 4 is 10.0 Å². The van der Waals surface area contributed by atoms with Crippen molar-refractivity contribution in [3.63, 3.8) is 0 Å². The number of hydrogen-bond acceptors (Lipinski definition) is 2. The molecular weight excluding hydrogens is 162 g/mol. The lowest BCUT2D eigenvalue weighted by atomic mass is 9.85. The Morgan fingerprint density at radius 2 is 2.09 bits per heavy atom. The summed E-state index contributed by atoms with van der Waals surface area (Å²) < 4.78 is 23.9. The Morgan fingerprint density at radius 3 is 2.18 bits per heavy atom. The van der Waals surface area contributed by atoms with E-state index in [1.165, 1.54) is 7.05 Å². The molecule has 3 nitrogen and oxygen atoms in total. The van der Waals surface area contributed by atoms with Crippen molar-refractivity contribution in [3.05, 3.63) is 0 Å². The lowest BCUT2D eigenvalue weighted by Crippen LogP contribution is -2.48. The molecule has 4 heteroatoms. The van der Waals surface area contributed by atoms with Crippen LogP contribution >= 0.6 is 0 Å². The van der Waals surface area contributed by atoms with E-state index in [1.807, 2.05) is 0 Å². The fourth-order valence-corrected chi connectivity index (χ4v) is 2.56. The third-order valence-electron chi connectivity index (χ3n) is 2.21. The Hall–Kier alpha value is -0.530. The summed E-state index contributed by atoms with van der Waals surface area (Å²) in [4.78, 5) is 0. The van der Waals surface area contributed by atoms with Crippen LogP contribution in [0.15, 0.2) is 0 Å². The van der Waals surface area contributed by atoms with E-state index in [2.05, 4.69) is 10.6 Å². The van der Waals surface area contributed by atoms with E-state index < -0.39 is 14.8 Å². The number of hydrogen-bond donors (Lipinski definition) is 1. The molecule has 0 radical (unpaired) electrons. The molecule has 1 N–H and O–H groups in total. The zero-order valence-electron chi connectivity index (χ0n) is 6.42. The minimum atomic E-state index is -3.26. The van der Waals surface area contributed by atoms with Crippen LogP contribution < -0.4 is 4.72 Å². The molecule has 1 aliphatic carbocycles.